The van der Waals surface area contributed by atoms with Crippen molar-refractivity contribution < 1.29 is 0 Å². The van der Waals surface area contributed by atoms with Gasteiger partial charge in [0, 0.05) is 31.9 Å². The van der Waals surface area contributed by atoms with Gasteiger partial charge in [0.15, 0.2) is 0 Å². The third kappa shape index (κ3) is 2.19. The van der Waals surface area contributed by atoms with Crippen LogP contribution in [0.1, 0.15) is 30.9 Å². The summed E-state index contributed by atoms with van der Waals surface area (Å²) in [6.07, 6.45) is 5.78. The fourth-order valence-corrected chi connectivity index (χ4v) is 2.51. The molecule has 0 aromatic carbocycles. The minimum Gasteiger partial charge on any atom is -0.362 e. The van der Waals surface area contributed by atoms with Crippen LogP contribution in [0, 0.1) is 0 Å². The number of pyridine rings is 1. The van der Waals surface area contributed by atoms with E-state index < -0.39 is 0 Å². The summed E-state index contributed by atoms with van der Waals surface area (Å²) in [7, 11) is 6.35. The van der Waals surface area contributed by atoms with Crippen LogP contribution in [0.5, 0.6) is 0 Å². The average Bonchev–Trinajstić information content (AvgIpc) is 2.29. The van der Waals surface area contributed by atoms with E-state index in [1.165, 1.54) is 31.4 Å². The van der Waals surface area contributed by atoms with Gasteiger partial charge in [-0.05, 0) is 32.5 Å². The maximum absolute atomic E-state index is 4.49. The Labute approximate surface area is 98.1 Å². The Bertz CT molecular complexity index is 349. The lowest BCUT2D eigenvalue weighted by atomic mass is 9.96. The first-order chi connectivity index (χ1) is 7.70. The van der Waals surface area contributed by atoms with Gasteiger partial charge in [0.05, 0.1) is 0 Å². The molecule has 0 N–H and O–H groups in total. The molecule has 2 heterocycles. The van der Waals surface area contributed by atoms with E-state index in [4.69, 9.17) is 0 Å². The molecule has 0 saturated carbocycles. The zero-order chi connectivity index (χ0) is 11.5. The van der Waals surface area contributed by atoms with Crippen molar-refractivity contribution in [2.45, 2.75) is 25.3 Å². The van der Waals surface area contributed by atoms with Gasteiger partial charge in [-0.1, -0.05) is 12.5 Å². The molecule has 0 amide bonds. The number of aromatic nitrogens is 1. The molecule has 1 aliphatic rings. The van der Waals surface area contributed by atoms with Crippen LogP contribution in [0.2, 0.25) is 0 Å². The summed E-state index contributed by atoms with van der Waals surface area (Å²) in [6.45, 7) is 1.20. The minimum absolute atomic E-state index is 0.542. The van der Waals surface area contributed by atoms with Crippen molar-refractivity contribution in [2.24, 2.45) is 0 Å². The van der Waals surface area contributed by atoms with E-state index in [0.29, 0.717) is 6.04 Å². The Morgan fingerprint density at radius 3 is 2.88 bits per heavy atom. The van der Waals surface area contributed by atoms with E-state index in [1.54, 1.807) is 0 Å². The van der Waals surface area contributed by atoms with Crippen molar-refractivity contribution >= 4 is 5.82 Å². The number of hydrogen-bond donors (Lipinski definition) is 0. The maximum atomic E-state index is 4.49. The standard InChI is InChI=1S/C13H21N3/c1-15(2)13-11(7-6-9-14-13)12-8-4-5-10-16(12)3/h6-7,9,12H,4-5,8,10H2,1-3H3/t12-/m1/s1. The molecule has 1 aromatic rings. The van der Waals surface area contributed by atoms with Crippen molar-refractivity contribution in [3.05, 3.63) is 23.9 Å². The van der Waals surface area contributed by atoms with Gasteiger partial charge in [-0.25, -0.2) is 4.98 Å². The van der Waals surface area contributed by atoms with Crippen LogP contribution in [0.25, 0.3) is 0 Å². The van der Waals surface area contributed by atoms with Crippen molar-refractivity contribution in [3.63, 3.8) is 0 Å². The van der Waals surface area contributed by atoms with Gasteiger partial charge >= 0.3 is 0 Å². The Morgan fingerprint density at radius 1 is 1.38 bits per heavy atom. The number of hydrogen-bond acceptors (Lipinski definition) is 3. The van der Waals surface area contributed by atoms with Gasteiger partial charge in [-0.3, -0.25) is 4.90 Å². The highest BCUT2D eigenvalue weighted by molar-refractivity contribution is 5.47. The molecule has 3 nitrogen and oxygen atoms in total. The van der Waals surface area contributed by atoms with Crippen LogP contribution in [-0.2, 0) is 0 Å². The van der Waals surface area contributed by atoms with E-state index in [1.807, 2.05) is 12.3 Å². The first-order valence-electron chi connectivity index (χ1n) is 6.02. The lowest BCUT2D eigenvalue weighted by Gasteiger charge is -2.34. The summed E-state index contributed by atoms with van der Waals surface area (Å²) in [5.74, 6) is 1.11. The predicted octanol–water partition coefficient (Wildman–Crippen LogP) is 2.30. The highest BCUT2D eigenvalue weighted by Gasteiger charge is 2.23. The second-order valence-corrected chi connectivity index (χ2v) is 4.80. The average molecular weight is 219 g/mol. The van der Waals surface area contributed by atoms with E-state index in [2.05, 4.69) is 42.0 Å². The molecule has 88 valence electrons. The molecule has 2 rings (SSSR count). The summed E-state index contributed by atoms with van der Waals surface area (Å²) in [5, 5.41) is 0. The molecule has 1 atom stereocenters. The fraction of sp³-hybridized carbons (Fsp3) is 0.615. The topological polar surface area (TPSA) is 19.4 Å². The summed E-state index contributed by atoms with van der Waals surface area (Å²) >= 11 is 0. The zero-order valence-electron chi connectivity index (χ0n) is 10.5. The third-order valence-electron chi connectivity index (χ3n) is 3.37. The normalized spacial score (nSPS) is 22.1. The second kappa shape index (κ2) is 4.83. The number of piperidine rings is 1. The zero-order valence-corrected chi connectivity index (χ0v) is 10.5. The Kier molecular flexibility index (Phi) is 3.44. The molecule has 0 aliphatic carbocycles. The molecule has 0 unspecified atom stereocenters. The minimum atomic E-state index is 0.542. The molecule has 1 fully saturated rings. The number of likely N-dealkylation sites (tertiary alicyclic amines) is 1. The molecular weight excluding hydrogens is 198 g/mol. The first-order valence-corrected chi connectivity index (χ1v) is 6.02. The summed E-state index contributed by atoms with van der Waals surface area (Å²) in [4.78, 5) is 9.05. The Morgan fingerprint density at radius 2 is 2.19 bits per heavy atom. The number of rotatable bonds is 2. The lowest BCUT2D eigenvalue weighted by molar-refractivity contribution is 0.187. The molecule has 0 radical (unpaired) electrons. The Hall–Kier alpha value is -1.09. The third-order valence-corrected chi connectivity index (χ3v) is 3.37. The van der Waals surface area contributed by atoms with Crippen molar-refractivity contribution in [2.75, 3.05) is 32.6 Å². The van der Waals surface area contributed by atoms with Crippen LogP contribution in [-0.4, -0.2) is 37.6 Å². The van der Waals surface area contributed by atoms with Crippen LogP contribution in [0.3, 0.4) is 0 Å². The molecule has 16 heavy (non-hydrogen) atoms. The molecule has 1 aromatic heterocycles. The smallest absolute Gasteiger partial charge is 0.132 e. The van der Waals surface area contributed by atoms with Crippen molar-refractivity contribution in [1.82, 2.24) is 9.88 Å². The van der Waals surface area contributed by atoms with Gasteiger partial charge in [0.2, 0.25) is 0 Å². The summed E-state index contributed by atoms with van der Waals surface area (Å²) in [6, 6.07) is 4.81. The lowest BCUT2D eigenvalue weighted by Crippen LogP contribution is -2.31. The van der Waals surface area contributed by atoms with Gasteiger partial charge in [0.1, 0.15) is 5.82 Å². The Balaban J connectivity index is 2.31. The predicted molar refractivity (Wildman–Crippen MR) is 67.8 cm³/mol. The molecule has 3 heteroatoms. The van der Waals surface area contributed by atoms with E-state index in [0.717, 1.165) is 5.82 Å². The molecular formula is C13H21N3. The van der Waals surface area contributed by atoms with Gasteiger partial charge in [-0.15, -0.1) is 0 Å². The van der Waals surface area contributed by atoms with Crippen LogP contribution in [0.15, 0.2) is 18.3 Å². The second-order valence-electron chi connectivity index (χ2n) is 4.80. The van der Waals surface area contributed by atoms with Gasteiger partial charge in [-0.2, -0.15) is 0 Å². The van der Waals surface area contributed by atoms with Crippen LogP contribution >= 0.6 is 0 Å². The van der Waals surface area contributed by atoms with Crippen LogP contribution < -0.4 is 4.90 Å². The first kappa shape index (κ1) is 11.4. The molecule has 0 bridgehead atoms. The SMILES string of the molecule is CN(C)c1ncccc1[C@H]1CCCCN1C. The van der Waals surface area contributed by atoms with Gasteiger partial charge < -0.3 is 4.90 Å². The number of nitrogens with zero attached hydrogens (tertiary/aromatic N) is 3. The highest BCUT2D eigenvalue weighted by Crippen LogP contribution is 2.33. The monoisotopic (exact) mass is 219 g/mol. The van der Waals surface area contributed by atoms with Crippen molar-refractivity contribution in [3.8, 4) is 0 Å². The van der Waals surface area contributed by atoms with Crippen LogP contribution in [0.4, 0.5) is 5.82 Å². The van der Waals surface area contributed by atoms with Crippen molar-refractivity contribution in [1.29, 1.82) is 0 Å². The quantitative estimate of drug-likeness (QED) is 0.761. The largest absolute Gasteiger partial charge is 0.362 e. The number of anilines is 1. The summed E-state index contributed by atoms with van der Waals surface area (Å²) < 4.78 is 0. The molecule has 1 aliphatic heterocycles. The van der Waals surface area contributed by atoms with E-state index >= 15 is 0 Å². The fourth-order valence-electron chi connectivity index (χ4n) is 2.51. The maximum Gasteiger partial charge on any atom is 0.132 e. The van der Waals surface area contributed by atoms with E-state index in [9.17, 15) is 0 Å². The van der Waals surface area contributed by atoms with Gasteiger partial charge in [0.25, 0.3) is 0 Å². The molecule has 1 saturated heterocycles. The van der Waals surface area contributed by atoms with E-state index in [-0.39, 0.29) is 0 Å². The highest BCUT2D eigenvalue weighted by atomic mass is 15.2. The molecule has 0 spiro atoms. The summed E-state index contributed by atoms with van der Waals surface area (Å²) in [5.41, 5.74) is 1.37.